The van der Waals surface area contributed by atoms with Gasteiger partial charge in [0.05, 0.1) is 6.07 Å². The average Bonchev–Trinajstić information content (AvgIpc) is 2.52. The SMILES string of the molecule is CC1(O)C(=O)N(C2CCCCC2)CC1C#N. The van der Waals surface area contributed by atoms with Crippen molar-refractivity contribution in [3.05, 3.63) is 0 Å². The minimum atomic E-state index is -1.48. The fraction of sp³-hybridized carbons (Fsp3) is 0.833. The number of amides is 1. The molecule has 1 aliphatic carbocycles. The summed E-state index contributed by atoms with van der Waals surface area (Å²) in [6.07, 6.45) is 5.55. The van der Waals surface area contributed by atoms with E-state index in [1.54, 1.807) is 4.90 Å². The molecule has 1 N–H and O–H groups in total. The molecule has 0 aromatic heterocycles. The zero-order valence-electron chi connectivity index (χ0n) is 9.65. The molecule has 1 amide bonds. The van der Waals surface area contributed by atoms with E-state index >= 15 is 0 Å². The first kappa shape index (κ1) is 11.4. The summed E-state index contributed by atoms with van der Waals surface area (Å²) in [5, 5.41) is 19.0. The lowest BCUT2D eigenvalue weighted by Crippen LogP contribution is -2.44. The molecule has 2 aliphatic rings. The Morgan fingerprint density at radius 2 is 2.06 bits per heavy atom. The maximum absolute atomic E-state index is 12.0. The van der Waals surface area contributed by atoms with E-state index < -0.39 is 11.5 Å². The predicted octanol–water partition coefficient (Wildman–Crippen LogP) is 1.05. The van der Waals surface area contributed by atoms with E-state index in [1.165, 1.54) is 13.3 Å². The topological polar surface area (TPSA) is 64.3 Å². The number of nitriles is 1. The number of aliphatic hydroxyl groups is 1. The van der Waals surface area contributed by atoms with Crippen LogP contribution in [0.4, 0.5) is 0 Å². The van der Waals surface area contributed by atoms with Crippen molar-refractivity contribution in [2.24, 2.45) is 5.92 Å². The van der Waals surface area contributed by atoms with Crippen molar-refractivity contribution < 1.29 is 9.90 Å². The van der Waals surface area contributed by atoms with Crippen molar-refractivity contribution >= 4 is 5.91 Å². The third kappa shape index (κ3) is 1.69. The second kappa shape index (κ2) is 4.06. The Hall–Kier alpha value is -1.08. The van der Waals surface area contributed by atoms with Crippen LogP contribution in [0.25, 0.3) is 0 Å². The van der Waals surface area contributed by atoms with E-state index in [-0.39, 0.29) is 11.9 Å². The maximum atomic E-state index is 12.0. The van der Waals surface area contributed by atoms with Gasteiger partial charge >= 0.3 is 0 Å². The first-order chi connectivity index (χ1) is 7.57. The molecule has 2 atom stereocenters. The van der Waals surface area contributed by atoms with E-state index in [9.17, 15) is 9.90 Å². The lowest BCUT2D eigenvalue weighted by Gasteiger charge is -2.31. The van der Waals surface area contributed by atoms with Gasteiger partial charge in [-0.2, -0.15) is 5.26 Å². The quantitative estimate of drug-likeness (QED) is 0.721. The summed E-state index contributed by atoms with van der Waals surface area (Å²) in [6.45, 7) is 1.86. The van der Waals surface area contributed by atoms with Crippen LogP contribution in [-0.4, -0.2) is 34.1 Å². The van der Waals surface area contributed by atoms with E-state index in [0.29, 0.717) is 6.54 Å². The minimum Gasteiger partial charge on any atom is -0.379 e. The highest BCUT2D eigenvalue weighted by molar-refractivity contribution is 5.88. The van der Waals surface area contributed by atoms with Crippen LogP contribution < -0.4 is 0 Å². The molecule has 1 aliphatic heterocycles. The van der Waals surface area contributed by atoms with Crippen molar-refractivity contribution in [3.8, 4) is 6.07 Å². The Labute approximate surface area is 95.9 Å². The number of carbonyl (C=O) groups excluding carboxylic acids is 1. The molecule has 16 heavy (non-hydrogen) atoms. The highest BCUT2D eigenvalue weighted by atomic mass is 16.3. The molecule has 88 valence electrons. The Bertz CT molecular complexity index is 326. The van der Waals surface area contributed by atoms with Gasteiger partial charge in [0, 0.05) is 12.6 Å². The molecule has 0 aromatic rings. The summed E-state index contributed by atoms with van der Waals surface area (Å²) in [6, 6.07) is 2.28. The van der Waals surface area contributed by atoms with Crippen LogP contribution in [0.5, 0.6) is 0 Å². The predicted molar refractivity (Wildman–Crippen MR) is 58.3 cm³/mol. The van der Waals surface area contributed by atoms with Crippen LogP contribution in [-0.2, 0) is 4.79 Å². The molecule has 1 heterocycles. The van der Waals surface area contributed by atoms with Gasteiger partial charge in [0.2, 0.25) is 0 Å². The zero-order chi connectivity index (χ0) is 11.8. The lowest BCUT2D eigenvalue weighted by molar-refractivity contribution is -0.144. The molecule has 2 fully saturated rings. The van der Waals surface area contributed by atoms with Gasteiger partial charge in [0.15, 0.2) is 5.60 Å². The highest BCUT2D eigenvalue weighted by Gasteiger charge is 2.51. The van der Waals surface area contributed by atoms with Gasteiger partial charge in [-0.3, -0.25) is 4.79 Å². The standard InChI is InChI=1S/C12H18N2O2/c1-12(16)9(7-13)8-14(11(12)15)10-5-3-2-4-6-10/h9-10,16H,2-6,8H2,1H3. The number of hydrogen-bond acceptors (Lipinski definition) is 3. The number of likely N-dealkylation sites (tertiary alicyclic amines) is 1. The largest absolute Gasteiger partial charge is 0.379 e. The molecular formula is C12H18N2O2. The summed E-state index contributed by atoms with van der Waals surface area (Å²) >= 11 is 0. The van der Waals surface area contributed by atoms with E-state index in [1.807, 2.05) is 6.07 Å². The van der Waals surface area contributed by atoms with Crippen LogP contribution in [0.3, 0.4) is 0 Å². The van der Waals surface area contributed by atoms with Crippen molar-refractivity contribution in [3.63, 3.8) is 0 Å². The number of rotatable bonds is 1. The molecule has 2 rings (SSSR count). The molecule has 2 unspecified atom stereocenters. The second-order valence-corrected chi connectivity index (χ2v) is 5.08. The van der Waals surface area contributed by atoms with Crippen LogP contribution in [0.15, 0.2) is 0 Å². The molecule has 1 saturated carbocycles. The fourth-order valence-corrected chi connectivity index (χ4v) is 2.77. The van der Waals surface area contributed by atoms with Gasteiger partial charge in [-0.05, 0) is 19.8 Å². The number of nitrogens with zero attached hydrogens (tertiary/aromatic N) is 2. The number of hydrogen-bond donors (Lipinski definition) is 1. The van der Waals surface area contributed by atoms with Crippen LogP contribution in [0.1, 0.15) is 39.0 Å². The van der Waals surface area contributed by atoms with Crippen LogP contribution in [0.2, 0.25) is 0 Å². The third-order valence-electron chi connectivity index (χ3n) is 3.92. The Morgan fingerprint density at radius 3 is 2.56 bits per heavy atom. The van der Waals surface area contributed by atoms with Crippen LogP contribution in [0, 0.1) is 17.2 Å². The van der Waals surface area contributed by atoms with Gasteiger partial charge in [-0.1, -0.05) is 19.3 Å². The second-order valence-electron chi connectivity index (χ2n) is 5.08. The Balaban J connectivity index is 2.13. The third-order valence-corrected chi connectivity index (χ3v) is 3.92. The van der Waals surface area contributed by atoms with Gasteiger partial charge in [0.25, 0.3) is 5.91 Å². The molecule has 0 spiro atoms. The van der Waals surface area contributed by atoms with Gasteiger partial charge in [0.1, 0.15) is 5.92 Å². The summed E-state index contributed by atoms with van der Waals surface area (Å²) < 4.78 is 0. The zero-order valence-corrected chi connectivity index (χ0v) is 9.65. The molecule has 1 saturated heterocycles. The maximum Gasteiger partial charge on any atom is 0.255 e. The summed E-state index contributed by atoms with van der Waals surface area (Å²) in [4.78, 5) is 13.7. The molecule has 0 bridgehead atoms. The van der Waals surface area contributed by atoms with E-state index in [0.717, 1.165) is 25.7 Å². The van der Waals surface area contributed by atoms with Gasteiger partial charge < -0.3 is 10.0 Å². The first-order valence-corrected chi connectivity index (χ1v) is 6.00. The Morgan fingerprint density at radius 1 is 1.44 bits per heavy atom. The fourth-order valence-electron chi connectivity index (χ4n) is 2.77. The van der Waals surface area contributed by atoms with Crippen molar-refractivity contribution in [1.82, 2.24) is 4.90 Å². The molecular weight excluding hydrogens is 204 g/mol. The molecule has 0 radical (unpaired) electrons. The first-order valence-electron chi connectivity index (χ1n) is 6.00. The van der Waals surface area contributed by atoms with Gasteiger partial charge in [-0.25, -0.2) is 0 Å². The smallest absolute Gasteiger partial charge is 0.255 e. The summed E-state index contributed by atoms with van der Waals surface area (Å²) in [5.41, 5.74) is -1.48. The number of carbonyl (C=O) groups is 1. The molecule has 4 heteroatoms. The van der Waals surface area contributed by atoms with Gasteiger partial charge in [-0.15, -0.1) is 0 Å². The van der Waals surface area contributed by atoms with E-state index in [2.05, 4.69) is 0 Å². The van der Waals surface area contributed by atoms with Crippen molar-refractivity contribution in [2.75, 3.05) is 6.54 Å². The lowest BCUT2D eigenvalue weighted by atomic mass is 9.94. The average molecular weight is 222 g/mol. The van der Waals surface area contributed by atoms with Crippen molar-refractivity contribution in [1.29, 1.82) is 5.26 Å². The summed E-state index contributed by atoms with van der Waals surface area (Å²) in [7, 11) is 0. The molecule has 0 aromatic carbocycles. The highest BCUT2D eigenvalue weighted by Crippen LogP contribution is 2.33. The van der Waals surface area contributed by atoms with Crippen LogP contribution >= 0.6 is 0 Å². The monoisotopic (exact) mass is 222 g/mol. The minimum absolute atomic E-state index is 0.242. The normalized spacial score (nSPS) is 36.4. The summed E-state index contributed by atoms with van der Waals surface area (Å²) in [5.74, 6) is -0.840. The van der Waals surface area contributed by atoms with Crippen molar-refractivity contribution in [2.45, 2.75) is 50.7 Å². The molecule has 4 nitrogen and oxygen atoms in total. The Kier molecular flexibility index (Phi) is 2.90. The van der Waals surface area contributed by atoms with E-state index in [4.69, 9.17) is 5.26 Å².